The third-order valence-electron chi connectivity index (χ3n) is 3.51. The van der Waals surface area contributed by atoms with Gasteiger partial charge < -0.3 is 10.2 Å². The van der Waals surface area contributed by atoms with Crippen molar-refractivity contribution in [1.29, 1.82) is 0 Å². The molecule has 118 valence electrons. The predicted octanol–water partition coefficient (Wildman–Crippen LogP) is 1.22. The number of carbonyl (C=O) groups is 2. The van der Waals surface area contributed by atoms with Crippen LogP contribution < -0.4 is 5.32 Å². The lowest BCUT2D eigenvalue weighted by Crippen LogP contribution is -2.39. The first kappa shape index (κ1) is 17.2. The Hall–Kier alpha value is -1.85. The quantitative estimate of drug-likeness (QED) is 0.857. The Balaban J connectivity index is 2.82. The maximum Gasteiger partial charge on any atom is 0.272 e. The van der Waals surface area contributed by atoms with Crippen molar-refractivity contribution >= 4 is 11.8 Å². The van der Waals surface area contributed by atoms with Gasteiger partial charge in [-0.05, 0) is 25.3 Å². The highest BCUT2D eigenvalue weighted by Crippen LogP contribution is 2.13. The van der Waals surface area contributed by atoms with Crippen LogP contribution in [-0.2, 0) is 18.3 Å². The first-order valence-electron chi connectivity index (χ1n) is 7.26. The van der Waals surface area contributed by atoms with Crippen LogP contribution in [-0.4, -0.2) is 46.6 Å². The maximum absolute atomic E-state index is 12.5. The average Bonchev–Trinajstić information content (AvgIpc) is 2.76. The molecule has 0 aliphatic carbocycles. The molecule has 21 heavy (non-hydrogen) atoms. The van der Waals surface area contributed by atoms with Crippen LogP contribution in [0.25, 0.3) is 0 Å². The lowest BCUT2D eigenvalue weighted by molar-refractivity contribution is -0.121. The number of nitrogens with zero attached hydrogens (tertiary/aromatic N) is 3. The van der Waals surface area contributed by atoms with Gasteiger partial charge in [0, 0.05) is 33.6 Å². The number of carbonyl (C=O) groups excluding carboxylic acids is 2. The maximum atomic E-state index is 12.5. The van der Waals surface area contributed by atoms with Crippen LogP contribution in [0.15, 0.2) is 6.07 Å². The summed E-state index contributed by atoms with van der Waals surface area (Å²) in [6.07, 6.45) is 1.13. The molecule has 2 amide bonds. The van der Waals surface area contributed by atoms with Gasteiger partial charge in [0.1, 0.15) is 5.69 Å². The second-order valence-corrected chi connectivity index (χ2v) is 5.88. The molecule has 0 radical (unpaired) electrons. The molecule has 0 aliphatic rings. The van der Waals surface area contributed by atoms with Crippen LogP contribution in [0.4, 0.5) is 0 Å². The molecule has 1 aromatic heterocycles. The topological polar surface area (TPSA) is 67.2 Å². The molecule has 6 heteroatoms. The van der Waals surface area contributed by atoms with Gasteiger partial charge in [0.25, 0.3) is 5.91 Å². The molecule has 1 atom stereocenters. The fraction of sp³-hybridized carbons (Fsp3) is 0.667. The highest BCUT2D eigenvalue weighted by Gasteiger charge is 2.22. The van der Waals surface area contributed by atoms with E-state index in [2.05, 4.69) is 24.3 Å². The summed E-state index contributed by atoms with van der Waals surface area (Å²) in [6, 6.07) is 1.67. The standard InChI is InChI=1S/C15H26N4O2/c1-10(2)7-12-9-13(19(6)17-12)15(21)18(5)11(3)8-14(20)16-4/h9-11H,7-8H2,1-6H3,(H,16,20)/t11-/m1/s1. The number of nitrogens with one attached hydrogen (secondary N) is 1. The van der Waals surface area contributed by atoms with E-state index >= 15 is 0 Å². The summed E-state index contributed by atoms with van der Waals surface area (Å²) in [5, 5.41) is 6.95. The summed E-state index contributed by atoms with van der Waals surface area (Å²) in [4.78, 5) is 25.5. The fourth-order valence-electron chi connectivity index (χ4n) is 2.13. The smallest absolute Gasteiger partial charge is 0.272 e. The summed E-state index contributed by atoms with van der Waals surface area (Å²) in [7, 11) is 5.08. The predicted molar refractivity (Wildman–Crippen MR) is 82.0 cm³/mol. The summed E-state index contributed by atoms with van der Waals surface area (Å²) < 4.78 is 1.61. The molecule has 1 N–H and O–H groups in total. The Morgan fingerprint density at radius 2 is 2.00 bits per heavy atom. The van der Waals surface area contributed by atoms with E-state index < -0.39 is 0 Å². The van der Waals surface area contributed by atoms with Gasteiger partial charge in [0.15, 0.2) is 0 Å². The zero-order valence-corrected chi connectivity index (χ0v) is 13.8. The normalized spacial score (nSPS) is 12.3. The number of hydrogen-bond donors (Lipinski definition) is 1. The molecular weight excluding hydrogens is 268 g/mol. The SMILES string of the molecule is CNC(=O)C[C@@H](C)N(C)C(=O)c1cc(CC(C)C)nn1C. The minimum Gasteiger partial charge on any atom is -0.359 e. The van der Waals surface area contributed by atoms with Crippen LogP contribution >= 0.6 is 0 Å². The lowest BCUT2D eigenvalue weighted by atomic mass is 10.1. The van der Waals surface area contributed by atoms with Gasteiger partial charge in [0.2, 0.25) is 5.91 Å². The van der Waals surface area contributed by atoms with Gasteiger partial charge in [-0.2, -0.15) is 5.10 Å². The Morgan fingerprint density at radius 3 is 2.52 bits per heavy atom. The molecule has 1 aromatic rings. The molecular formula is C15H26N4O2. The molecule has 6 nitrogen and oxygen atoms in total. The monoisotopic (exact) mass is 294 g/mol. The van der Waals surface area contributed by atoms with Gasteiger partial charge >= 0.3 is 0 Å². The van der Waals surface area contributed by atoms with Crippen LogP contribution in [0.5, 0.6) is 0 Å². The summed E-state index contributed by atoms with van der Waals surface area (Å²) in [5.74, 6) is 0.303. The van der Waals surface area contributed by atoms with E-state index in [9.17, 15) is 9.59 Å². The van der Waals surface area contributed by atoms with Crippen LogP contribution in [0.1, 0.15) is 43.4 Å². The van der Waals surface area contributed by atoms with E-state index in [1.165, 1.54) is 0 Å². The number of amides is 2. The minimum absolute atomic E-state index is 0.0762. The van der Waals surface area contributed by atoms with E-state index in [1.807, 2.05) is 13.0 Å². The molecule has 0 unspecified atom stereocenters. The van der Waals surface area contributed by atoms with Crippen LogP contribution in [0.2, 0.25) is 0 Å². The number of aryl methyl sites for hydroxylation is 1. The van der Waals surface area contributed by atoms with Gasteiger partial charge in [-0.1, -0.05) is 13.8 Å². The lowest BCUT2D eigenvalue weighted by Gasteiger charge is -2.24. The second kappa shape index (κ2) is 7.24. The zero-order chi connectivity index (χ0) is 16.2. The summed E-state index contributed by atoms with van der Waals surface area (Å²) in [5.41, 5.74) is 1.47. The molecule has 0 saturated carbocycles. The van der Waals surface area contributed by atoms with E-state index in [0.717, 1.165) is 12.1 Å². The van der Waals surface area contributed by atoms with E-state index in [4.69, 9.17) is 0 Å². The van der Waals surface area contributed by atoms with Crippen molar-refractivity contribution in [1.82, 2.24) is 20.0 Å². The third-order valence-corrected chi connectivity index (χ3v) is 3.51. The molecule has 1 heterocycles. The van der Waals surface area contributed by atoms with Crippen molar-refractivity contribution in [3.63, 3.8) is 0 Å². The average molecular weight is 294 g/mol. The zero-order valence-electron chi connectivity index (χ0n) is 13.8. The molecule has 0 bridgehead atoms. The Labute approximate surface area is 126 Å². The Bertz CT molecular complexity index is 508. The summed E-state index contributed by atoms with van der Waals surface area (Å²) >= 11 is 0. The van der Waals surface area contributed by atoms with Gasteiger partial charge in [-0.25, -0.2) is 0 Å². The minimum atomic E-state index is -0.166. The van der Waals surface area contributed by atoms with Crippen molar-refractivity contribution in [3.8, 4) is 0 Å². The molecule has 1 rings (SSSR count). The molecule has 0 spiro atoms. The van der Waals surface area contributed by atoms with Crippen molar-refractivity contribution in [3.05, 3.63) is 17.5 Å². The molecule has 0 fully saturated rings. The van der Waals surface area contributed by atoms with E-state index in [1.54, 1.807) is 30.7 Å². The van der Waals surface area contributed by atoms with Crippen molar-refractivity contribution in [2.45, 2.75) is 39.7 Å². The first-order valence-corrected chi connectivity index (χ1v) is 7.26. The molecule has 0 aromatic carbocycles. The Kier molecular flexibility index (Phi) is 5.93. The summed E-state index contributed by atoms with van der Waals surface area (Å²) in [6.45, 7) is 6.10. The molecule has 0 saturated heterocycles. The number of rotatable bonds is 6. The van der Waals surface area contributed by atoms with Crippen LogP contribution in [0, 0.1) is 5.92 Å². The van der Waals surface area contributed by atoms with Crippen LogP contribution in [0.3, 0.4) is 0 Å². The van der Waals surface area contributed by atoms with Gasteiger partial charge in [-0.3, -0.25) is 14.3 Å². The number of hydrogen-bond acceptors (Lipinski definition) is 3. The second-order valence-electron chi connectivity index (χ2n) is 5.88. The number of aromatic nitrogens is 2. The highest BCUT2D eigenvalue weighted by molar-refractivity contribution is 5.93. The van der Waals surface area contributed by atoms with E-state index in [-0.39, 0.29) is 24.3 Å². The van der Waals surface area contributed by atoms with Crippen molar-refractivity contribution in [2.75, 3.05) is 14.1 Å². The first-order chi connectivity index (χ1) is 9.76. The van der Waals surface area contributed by atoms with Crippen molar-refractivity contribution in [2.24, 2.45) is 13.0 Å². The molecule has 0 aliphatic heterocycles. The van der Waals surface area contributed by atoms with Gasteiger partial charge in [-0.15, -0.1) is 0 Å². The van der Waals surface area contributed by atoms with Gasteiger partial charge in [0.05, 0.1) is 5.69 Å². The van der Waals surface area contributed by atoms with E-state index in [0.29, 0.717) is 11.6 Å². The fourth-order valence-corrected chi connectivity index (χ4v) is 2.13. The largest absolute Gasteiger partial charge is 0.359 e. The highest BCUT2D eigenvalue weighted by atomic mass is 16.2. The van der Waals surface area contributed by atoms with Crippen molar-refractivity contribution < 1.29 is 9.59 Å². The Morgan fingerprint density at radius 1 is 1.38 bits per heavy atom. The third kappa shape index (κ3) is 4.58.